The summed E-state index contributed by atoms with van der Waals surface area (Å²) in [5.41, 5.74) is 1.00. The highest BCUT2D eigenvalue weighted by atomic mass is 16.2. The van der Waals surface area contributed by atoms with Gasteiger partial charge in [-0.3, -0.25) is 4.79 Å². The van der Waals surface area contributed by atoms with Crippen LogP contribution in [-0.4, -0.2) is 56.0 Å². The molecule has 1 saturated heterocycles. The smallest absolute Gasteiger partial charge is 0.241 e. The summed E-state index contributed by atoms with van der Waals surface area (Å²) >= 11 is 0. The summed E-state index contributed by atoms with van der Waals surface area (Å²) in [6.45, 7) is 3.31. The Morgan fingerprint density at radius 2 is 1.90 bits per heavy atom. The van der Waals surface area contributed by atoms with Gasteiger partial charge in [-0.2, -0.15) is 0 Å². The van der Waals surface area contributed by atoms with E-state index >= 15 is 0 Å². The van der Waals surface area contributed by atoms with E-state index < -0.39 is 0 Å². The van der Waals surface area contributed by atoms with Crippen molar-refractivity contribution in [3.8, 4) is 0 Å². The molecular formula is C16H25N3O. The van der Waals surface area contributed by atoms with Crippen molar-refractivity contribution >= 4 is 11.6 Å². The molecule has 1 aromatic rings. The number of nitrogens with zero attached hydrogens (tertiary/aromatic N) is 2. The fourth-order valence-electron chi connectivity index (χ4n) is 2.73. The van der Waals surface area contributed by atoms with E-state index in [0.717, 1.165) is 44.1 Å². The zero-order valence-electron chi connectivity index (χ0n) is 12.5. The lowest BCUT2D eigenvalue weighted by Gasteiger charge is -2.33. The molecule has 0 unspecified atom stereocenters. The Morgan fingerprint density at radius 3 is 2.50 bits per heavy atom. The molecule has 4 heteroatoms. The van der Waals surface area contributed by atoms with E-state index in [9.17, 15) is 4.79 Å². The number of piperidine rings is 1. The van der Waals surface area contributed by atoms with Gasteiger partial charge in [0.05, 0.1) is 6.54 Å². The van der Waals surface area contributed by atoms with Crippen molar-refractivity contribution < 1.29 is 4.79 Å². The van der Waals surface area contributed by atoms with E-state index in [2.05, 4.69) is 24.3 Å². The van der Waals surface area contributed by atoms with Gasteiger partial charge in [-0.15, -0.1) is 0 Å². The lowest BCUT2D eigenvalue weighted by molar-refractivity contribution is -0.130. The van der Waals surface area contributed by atoms with Crippen molar-refractivity contribution in [2.24, 2.45) is 5.92 Å². The largest absolute Gasteiger partial charge is 0.376 e. The standard InChI is InChI=1S/C16H25N3O/c1-18(2)13-14-8-10-19(11-9-14)16(20)12-17-15-6-4-3-5-7-15/h3-7,14,17H,8-13H2,1-2H3. The zero-order chi connectivity index (χ0) is 14.4. The Hall–Kier alpha value is -1.55. The molecule has 1 N–H and O–H groups in total. The number of likely N-dealkylation sites (tertiary alicyclic amines) is 1. The van der Waals surface area contributed by atoms with Crippen molar-refractivity contribution in [1.29, 1.82) is 0 Å². The number of rotatable bonds is 5. The van der Waals surface area contributed by atoms with Crippen LogP contribution in [0.1, 0.15) is 12.8 Å². The van der Waals surface area contributed by atoms with E-state index in [1.807, 2.05) is 35.2 Å². The summed E-state index contributed by atoms with van der Waals surface area (Å²) in [6.07, 6.45) is 2.24. The number of hydrogen-bond acceptors (Lipinski definition) is 3. The van der Waals surface area contributed by atoms with Crippen LogP contribution in [0.25, 0.3) is 0 Å². The summed E-state index contributed by atoms with van der Waals surface area (Å²) < 4.78 is 0. The SMILES string of the molecule is CN(C)CC1CCN(C(=O)CNc2ccccc2)CC1. The number of benzene rings is 1. The molecule has 0 radical (unpaired) electrons. The number of para-hydroxylation sites is 1. The third kappa shape index (κ3) is 4.53. The van der Waals surface area contributed by atoms with E-state index in [4.69, 9.17) is 0 Å². The van der Waals surface area contributed by atoms with Gasteiger partial charge in [0, 0.05) is 25.3 Å². The van der Waals surface area contributed by atoms with Crippen molar-refractivity contribution in [3.05, 3.63) is 30.3 Å². The summed E-state index contributed by atoms with van der Waals surface area (Å²) in [5, 5.41) is 3.19. The van der Waals surface area contributed by atoms with Crippen LogP contribution >= 0.6 is 0 Å². The molecule has 1 amide bonds. The average Bonchev–Trinajstić information content (AvgIpc) is 2.46. The fourth-order valence-corrected chi connectivity index (χ4v) is 2.73. The lowest BCUT2D eigenvalue weighted by atomic mass is 9.96. The van der Waals surface area contributed by atoms with Crippen LogP contribution in [-0.2, 0) is 4.79 Å². The highest BCUT2D eigenvalue weighted by molar-refractivity contribution is 5.80. The van der Waals surface area contributed by atoms with Gasteiger partial charge in [-0.25, -0.2) is 0 Å². The van der Waals surface area contributed by atoms with Crippen LogP contribution in [0.15, 0.2) is 30.3 Å². The fraction of sp³-hybridized carbons (Fsp3) is 0.562. The average molecular weight is 275 g/mol. The van der Waals surface area contributed by atoms with E-state index in [1.54, 1.807) is 0 Å². The Bertz CT molecular complexity index is 411. The second-order valence-corrected chi connectivity index (χ2v) is 5.81. The molecule has 4 nitrogen and oxygen atoms in total. The van der Waals surface area contributed by atoms with Crippen LogP contribution in [0, 0.1) is 5.92 Å². The van der Waals surface area contributed by atoms with E-state index in [-0.39, 0.29) is 5.91 Å². The molecule has 0 saturated carbocycles. The summed E-state index contributed by atoms with van der Waals surface area (Å²) in [4.78, 5) is 16.4. The second kappa shape index (κ2) is 7.29. The first-order valence-corrected chi connectivity index (χ1v) is 7.36. The minimum Gasteiger partial charge on any atom is -0.376 e. The topological polar surface area (TPSA) is 35.6 Å². The molecule has 1 heterocycles. The van der Waals surface area contributed by atoms with Crippen LogP contribution in [0.3, 0.4) is 0 Å². The van der Waals surface area contributed by atoms with Gasteiger partial charge in [0.25, 0.3) is 0 Å². The number of carbonyl (C=O) groups is 1. The van der Waals surface area contributed by atoms with Gasteiger partial charge in [-0.05, 0) is 45.0 Å². The van der Waals surface area contributed by atoms with Crippen molar-refractivity contribution in [3.63, 3.8) is 0 Å². The highest BCUT2D eigenvalue weighted by Crippen LogP contribution is 2.17. The lowest BCUT2D eigenvalue weighted by Crippen LogP contribution is -2.42. The molecule has 1 aromatic carbocycles. The number of carbonyl (C=O) groups excluding carboxylic acids is 1. The second-order valence-electron chi connectivity index (χ2n) is 5.81. The molecule has 1 fully saturated rings. The molecule has 0 aliphatic carbocycles. The van der Waals surface area contributed by atoms with Gasteiger partial charge in [0.2, 0.25) is 5.91 Å². The molecule has 20 heavy (non-hydrogen) atoms. The quantitative estimate of drug-likeness (QED) is 0.891. The third-order valence-electron chi connectivity index (χ3n) is 3.81. The first-order valence-electron chi connectivity index (χ1n) is 7.36. The van der Waals surface area contributed by atoms with Gasteiger partial charge in [0.15, 0.2) is 0 Å². The minimum atomic E-state index is 0.206. The molecule has 110 valence electrons. The number of anilines is 1. The molecule has 1 aliphatic rings. The predicted molar refractivity (Wildman–Crippen MR) is 82.8 cm³/mol. The molecule has 0 atom stereocenters. The summed E-state index contributed by atoms with van der Waals surface area (Å²) in [5.74, 6) is 0.938. The highest BCUT2D eigenvalue weighted by Gasteiger charge is 2.22. The van der Waals surface area contributed by atoms with Gasteiger partial charge < -0.3 is 15.1 Å². The first kappa shape index (κ1) is 14.9. The third-order valence-corrected chi connectivity index (χ3v) is 3.81. The number of nitrogens with one attached hydrogen (secondary N) is 1. The van der Waals surface area contributed by atoms with Crippen LogP contribution < -0.4 is 5.32 Å². The molecule has 0 aromatic heterocycles. The normalized spacial score (nSPS) is 16.4. The summed E-state index contributed by atoms with van der Waals surface area (Å²) in [6, 6.07) is 9.88. The van der Waals surface area contributed by atoms with Crippen molar-refractivity contribution in [2.45, 2.75) is 12.8 Å². The van der Waals surface area contributed by atoms with Crippen molar-refractivity contribution in [2.75, 3.05) is 45.6 Å². The minimum absolute atomic E-state index is 0.206. The van der Waals surface area contributed by atoms with E-state index in [1.165, 1.54) is 0 Å². The Kier molecular flexibility index (Phi) is 5.41. The predicted octanol–water partition coefficient (Wildman–Crippen LogP) is 1.90. The van der Waals surface area contributed by atoms with Gasteiger partial charge >= 0.3 is 0 Å². The van der Waals surface area contributed by atoms with Crippen LogP contribution in [0.4, 0.5) is 5.69 Å². The van der Waals surface area contributed by atoms with Crippen LogP contribution in [0.2, 0.25) is 0 Å². The Morgan fingerprint density at radius 1 is 1.25 bits per heavy atom. The monoisotopic (exact) mass is 275 g/mol. The molecule has 0 spiro atoms. The molecule has 2 rings (SSSR count). The van der Waals surface area contributed by atoms with Gasteiger partial charge in [0.1, 0.15) is 0 Å². The maximum absolute atomic E-state index is 12.2. The number of amides is 1. The first-order chi connectivity index (χ1) is 9.65. The Labute approximate surface area is 121 Å². The van der Waals surface area contributed by atoms with Crippen molar-refractivity contribution in [1.82, 2.24) is 9.80 Å². The summed E-state index contributed by atoms with van der Waals surface area (Å²) in [7, 11) is 4.22. The van der Waals surface area contributed by atoms with Gasteiger partial charge in [-0.1, -0.05) is 18.2 Å². The maximum atomic E-state index is 12.2. The van der Waals surface area contributed by atoms with Crippen LogP contribution in [0.5, 0.6) is 0 Å². The molecular weight excluding hydrogens is 250 g/mol. The molecule has 0 bridgehead atoms. The molecule has 1 aliphatic heterocycles. The Balaban J connectivity index is 1.72. The van der Waals surface area contributed by atoms with E-state index in [0.29, 0.717) is 6.54 Å². The maximum Gasteiger partial charge on any atom is 0.241 e. The number of hydrogen-bond donors (Lipinski definition) is 1. The zero-order valence-corrected chi connectivity index (χ0v) is 12.5.